The summed E-state index contributed by atoms with van der Waals surface area (Å²) in [5, 5.41) is 13.6. The van der Waals surface area contributed by atoms with Gasteiger partial charge in [0.1, 0.15) is 5.02 Å². The number of carbonyl (C=O) groups excluding carboxylic acids is 1. The number of nitro groups is 1. The lowest BCUT2D eigenvalue weighted by Crippen LogP contribution is -2.07. The number of nitro benzene ring substituents is 1. The van der Waals surface area contributed by atoms with Gasteiger partial charge in [-0.1, -0.05) is 43.6 Å². The molecule has 124 valence electrons. The van der Waals surface area contributed by atoms with Crippen LogP contribution in [0.5, 0.6) is 0 Å². The minimum atomic E-state index is -0.560. The van der Waals surface area contributed by atoms with Crippen LogP contribution in [0.15, 0.2) is 48.5 Å². The number of hydrogen-bond donors (Lipinski definition) is 1. The van der Waals surface area contributed by atoms with Crippen LogP contribution in [0.2, 0.25) is 5.02 Å². The fourth-order valence-corrected chi connectivity index (χ4v) is 2.27. The molecule has 0 unspecified atom stereocenters. The topological polar surface area (TPSA) is 72.2 Å². The third kappa shape index (κ3) is 4.67. The molecule has 6 heteroatoms. The Kier molecular flexibility index (Phi) is 5.71. The molecule has 1 amide bonds. The number of nitrogens with zero attached hydrogens (tertiary/aromatic N) is 1. The van der Waals surface area contributed by atoms with Gasteiger partial charge in [0.2, 0.25) is 5.91 Å². The molecule has 0 fully saturated rings. The van der Waals surface area contributed by atoms with Gasteiger partial charge in [-0.2, -0.15) is 0 Å². The van der Waals surface area contributed by atoms with Crippen LogP contribution in [0.3, 0.4) is 0 Å². The van der Waals surface area contributed by atoms with Gasteiger partial charge in [0.05, 0.1) is 4.92 Å². The van der Waals surface area contributed by atoms with Gasteiger partial charge in [0.15, 0.2) is 0 Å². The largest absolute Gasteiger partial charge is 0.323 e. The summed E-state index contributed by atoms with van der Waals surface area (Å²) in [6.45, 7) is 4.20. The van der Waals surface area contributed by atoms with E-state index in [2.05, 4.69) is 19.2 Å². The number of anilines is 1. The van der Waals surface area contributed by atoms with E-state index in [0.717, 1.165) is 0 Å². The highest BCUT2D eigenvalue weighted by molar-refractivity contribution is 6.32. The number of carbonyl (C=O) groups is 1. The molecular weight excluding hydrogens is 328 g/mol. The van der Waals surface area contributed by atoms with Crippen molar-refractivity contribution in [2.24, 2.45) is 0 Å². The van der Waals surface area contributed by atoms with E-state index in [1.54, 1.807) is 6.07 Å². The van der Waals surface area contributed by atoms with Crippen molar-refractivity contribution in [1.82, 2.24) is 0 Å². The molecule has 0 saturated carbocycles. The molecule has 0 saturated heterocycles. The summed E-state index contributed by atoms with van der Waals surface area (Å²) in [4.78, 5) is 22.2. The molecule has 0 aliphatic heterocycles. The lowest BCUT2D eigenvalue weighted by molar-refractivity contribution is -0.384. The molecule has 2 aromatic carbocycles. The molecule has 2 rings (SSSR count). The summed E-state index contributed by atoms with van der Waals surface area (Å²) in [7, 11) is 0. The van der Waals surface area contributed by atoms with E-state index in [1.165, 1.54) is 29.8 Å². The highest BCUT2D eigenvalue weighted by Crippen LogP contribution is 2.25. The third-order valence-corrected chi connectivity index (χ3v) is 3.76. The van der Waals surface area contributed by atoms with Crippen LogP contribution >= 0.6 is 11.6 Å². The predicted octanol–water partition coefficient (Wildman–Crippen LogP) is 5.02. The first-order valence-corrected chi connectivity index (χ1v) is 7.77. The number of nitrogens with one attached hydrogen (secondary N) is 1. The first-order valence-electron chi connectivity index (χ1n) is 7.40. The number of hydrogen-bond acceptors (Lipinski definition) is 3. The van der Waals surface area contributed by atoms with Crippen LogP contribution in [0.4, 0.5) is 11.4 Å². The highest BCUT2D eigenvalue weighted by Gasteiger charge is 2.11. The van der Waals surface area contributed by atoms with Gasteiger partial charge in [-0.05, 0) is 41.3 Å². The van der Waals surface area contributed by atoms with Crippen LogP contribution in [0.1, 0.15) is 30.9 Å². The van der Waals surface area contributed by atoms with Gasteiger partial charge in [-0.15, -0.1) is 0 Å². The molecule has 5 nitrogen and oxygen atoms in total. The van der Waals surface area contributed by atoms with E-state index in [4.69, 9.17) is 11.6 Å². The summed E-state index contributed by atoms with van der Waals surface area (Å²) in [6.07, 6.45) is 2.82. The summed E-state index contributed by atoms with van der Waals surface area (Å²) in [5.41, 5.74) is 2.22. The first kappa shape index (κ1) is 17.7. The Hall–Kier alpha value is -2.66. The van der Waals surface area contributed by atoms with E-state index < -0.39 is 4.92 Å². The van der Waals surface area contributed by atoms with Crippen LogP contribution in [-0.4, -0.2) is 10.8 Å². The van der Waals surface area contributed by atoms with Gasteiger partial charge < -0.3 is 5.32 Å². The van der Waals surface area contributed by atoms with Crippen LogP contribution in [0, 0.1) is 10.1 Å². The minimum absolute atomic E-state index is 0.0619. The fourth-order valence-electron chi connectivity index (χ4n) is 2.08. The molecule has 0 aliphatic rings. The SMILES string of the molecule is CC(C)c1ccc(NC(=O)C=Cc2ccc(Cl)c([N+](=O)[O-])c2)cc1. The Bertz CT molecular complexity index is 783. The van der Waals surface area contributed by atoms with Crippen molar-refractivity contribution < 1.29 is 9.72 Å². The van der Waals surface area contributed by atoms with Crippen LogP contribution < -0.4 is 5.32 Å². The normalized spacial score (nSPS) is 11.0. The van der Waals surface area contributed by atoms with Gasteiger partial charge >= 0.3 is 0 Å². The maximum absolute atomic E-state index is 11.9. The Morgan fingerprint density at radius 3 is 2.46 bits per heavy atom. The van der Waals surface area contributed by atoms with Gasteiger partial charge in [0, 0.05) is 17.8 Å². The number of amides is 1. The standard InChI is InChI=1S/C18H17ClN2O3/c1-12(2)14-5-7-15(8-6-14)20-18(22)10-4-13-3-9-16(19)17(11-13)21(23)24/h3-12H,1-2H3,(H,20,22). The quantitative estimate of drug-likeness (QED) is 0.470. The third-order valence-electron chi connectivity index (χ3n) is 3.44. The van der Waals surface area contributed by atoms with E-state index in [1.807, 2.05) is 24.3 Å². The van der Waals surface area contributed by atoms with Crippen molar-refractivity contribution in [2.75, 3.05) is 5.32 Å². The predicted molar refractivity (Wildman–Crippen MR) is 96.3 cm³/mol. The lowest BCUT2D eigenvalue weighted by atomic mass is 10.0. The van der Waals surface area contributed by atoms with E-state index in [9.17, 15) is 14.9 Å². The average molecular weight is 345 g/mol. The molecular formula is C18H17ClN2O3. The number of rotatable bonds is 5. The van der Waals surface area contributed by atoms with E-state index in [0.29, 0.717) is 17.2 Å². The molecule has 24 heavy (non-hydrogen) atoms. The Morgan fingerprint density at radius 2 is 1.88 bits per heavy atom. The first-order chi connectivity index (χ1) is 11.4. The number of benzene rings is 2. The van der Waals surface area contributed by atoms with Crippen molar-refractivity contribution in [3.8, 4) is 0 Å². The van der Waals surface area contributed by atoms with Crippen molar-refractivity contribution in [3.63, 3.8) is 0 Å². The van der Waals surface area contributed by atoms with Crippen LogP contribution in [0.25, 0.3) is 6.08 Å². The monoisotopic (exact) mass is 344 g/mol. The summed E-state index contributed by atoms with van der Waals surface area (Å²) in [6, 6.07) is 12.0. The maximum atomic E-state index is 11.9. The summed E-state index contributed by atoms with van der Waals surface area (Å²) < 4.78 is 0. The van der Waals surface area contributed by atoms with Crippen molar-refractivity contribution in [1.29, 1.82) is 0 Å². The van der Waals surface area contributed by atoms with Gasteiger partial charge in [-0.3, -0.25) is 14.9 Å². The summed E-state index contributed by atoms with van der Waals surface area (Å²) >= 11 is 5.75. The van der Waals surface area contributed by atoms with Crippen molar-refractivity contribution >= 4 is 35.0 Å². The van der Waals surface area contributed by atoms with Gasteiger partial charge in [-0.25, -0.2) is 0 Å². The van der Waals surface area contributed by atoms with Crippen LogP contribution in [-0.2, 0) is 4.79 Å². The number of halogens is 1. The second-order valence-electron chi connectivity index (χ2n) is 5.57. The highest BCUT2D eigenvalue weighted by atomic mass is 35.5. The second kappa shape index (κ2) is 7.75. The molecule has 2 aromatic rings. The van der Waals surface area contributed by atoms with E-state index >= 15 is 0 Å². The van der Waals surface area contributed by atoms with Crippen molar-refractivity contribution in [2.45, 2.75) is 19.8 Å². The lowest BCUT2D eigenvalue weighted by Gasteiger charge is -2.07. The zero-order valence-electron chi connectivity index (χ0n) is 13.3. The Balaban J connectivity index is 2.05. The second-order valence-corrected chi connectivity index (χ2v) is 5.97. The van der Waals surface area contributed by atoms with E-state index in [-0.39, 0.29) is 16.6 Å². The molecule has 0 spiro atoms. The maximum Gasteiger partial charge on any atom is 0.288 e. The Labute approximate surface area is 145 Å². The molecule has 0 radical (unpaired) electrons. The zero-order valence-corrected chi connectivity index (χ0v) is 14.1. The van der Waals surface area contributed by atoms with Gasteiger partial charge in [0.25, 0.3) is 5.69 Å². The van der Waals surface area contributed by atoms with Crippen molar-refractivity contribution in [3.05, 3.63) is 74.8 Å². The molecule has 1 N–H and O–H groups in total. The Morgan fingerprint density at radius 1 is 1.21 bits per heavy atom. The summed E-state index contributed by atoms with van der Waals surface area (Å²) in [5.74, 6) is 0.111. The molecule has 0 heterocycles. The molecule has 0 aliphatic carbocycles. The smallest absolute Gasteiger partial charge is 0.288 e. The fraction of sp³-hybridized carbons (Fsp3) is 0.167. The molecule has 0 bridgehead atoms. The molecule has 0 aromatic heterocycles. The minimum Gasteiger partial charge on any atom is -0.323 e. The zero-order chi connectivity index (χ0) is 17.7. The molecule has 0 atom stereocenters. The average Bonchev–Trinajstić information content (AvgIpc) is 2.54.